The van der Waals surface area contributed by atoms with E-state index in [2.05, 4.69) is 6.92 Å². The molecular formula is C14H22O. The monoisotopic (exact) mass is 211 g/mol. The van der Waals surface area contributed by atoms with Crippen molar-refractivity contribution in [2.75, 3.05) is 6.61 Å². The molecule has 0 unspecified atom stereocenters. The first-order valence-corrected chi connectivity index (χ1v) is 5.64. The maximum Gasteiger partial charge on any atom is 0.0716 e. The summed E-state index contributed by atoms with van der Waals surface area (Å²) in [4.78, 5) is 0. The van der Waals surface area contributed by atoms with Crippen LogP contribution in [0, 0.1) is 0 Å². The predicted octanol–water partition coefficient (Wildman–Crippen LogP) is 4.17. The van der Waals surface area contributed by atoms with Gasteiger partial charge in [-0.2, -0.15) is 0 Å². The molecule has 0 aromatic heterocycles. The van der Waals surface area contributed by atoms with Crippen LogP contribution in [0.25, 0.3) is 0 Å². The molecule has 0 aliphatic rings. The standard InChI is InChI=1S/C14H22O/c1-2-3-4-5-9-12-15-13-14-10-7-6-8-11-14/h6-8,10-11H,2-5,9,12-13H2,1H3/i6D,7D,8D,10D,11D. The minimum Gasteiger partial charge on any atom is -0.377 e. The highest BCUT2D eigenvalue weighted by atomic mass is 16.5. The molecule has 1 aromatic rings. The molecule has 0 aliphatic carbocycles. The van der Waals surface area contributed by atoms with Crippen molar-refractivity contribution in [2.45, 2.75) is 45.6 Å². The summed E-state index contributed by atoms with van der Waals surface area (Å²) in [5.74, 6) is 0. The van der Waals surface area contributed by atoms with E-state index in [4.69, 9.17) is 11.6 Å². The normalized spacial score (nSPS) is 15.1. The molecule has 0 radical (unpaired) electrons. The Kier molecular flexibility index (Phi) is 3.79. The Bertz CT molecular complexity index is 419. The smallest absolute Gasteiger partial charge is 0.0716 e. The van der Waals surface area contributed by atoms with Crippen LogP contribution in [0.15, 0.2) is 30.2 Å². The third kappa shape index (κ3) is 6.29. The van der Waals surface area contributed by atoms with Gasteiger partial charge in [-0.3, -0.25) is 0 Å². The molecule has 0 amide bonds. The third-order valence-corrected chi connectivity index (χ3v) is 2.19. The number of hydrogen-bond acceptors (Lipinski definition) is 1. The van der Waals surface area contributed by atoms with E-state index in [-0.39, 0.29) is 42.4 Å². The van der Waals surface area contributed by atoms with Crippen molar-refractivity contribution in [2.24, 2.45) is 0 Å². The fourth-order valence-electron chi connectivity index (χ4n) is 1.33. The van der Waals surface area contributed by atoms with Gasteiger partial charge in [0.1, 0.15) is 0 Å². The van der Waals surface area contributed by atoms with Gasteiger partial charge < -0.3 is 4.74 Å². The lowest BCUT2D eigenvalue weighted by atomic mass is 10.2. The van der Waals surface area contributed by atoms with Gasteiger partial charge in [-0.05, 0) is 12.0 Å². The average Bonchev–Trinajstić information content (AvgIpc) is 2.45. The van der Waals surface area contributed by atoms with Crippen LogP contribution in [-0.4, -0.2) is 6.61 Å². The number of ether oxygens (including phenoxy) is 1. The summed E-state index contributed by atoms with van der Waals surface area (Å²) in [6.07, 6.45) is 5.66. The zero-order valence-electron chi connectivity index (χ0n) is 14.4. The quantitative estimate of drug-likeness (QED) is 0.586. The fraction of sp³-hybridized carbons (Fsp3) is 0.571. The molecule has 0 aliphatic heterocycles. The Morgan fingerprint density at radius 2 is 1.80 bits per heavy atom. The maximum atomic E-state index is 7.75. The Morgan fingerprint density at radius 3 is 2.53 bits per heavy atom. The second-order valence-electron chi connectivity index (χ2n) is 3.57. The van der Waals surface area contributed by atoms with E-state index < -0.39 is 0 Å². The second kappa shape index (κ2) is 8.49. The zero-order valence-corrected chi connectivity index (χ0v) is 9.36. The van der Waals surface area contributed by atoms with Crippen LogP contribution in [0.4, 0.5) is 0 Å². The topological polar surface area (TPSA) is 9.23 Å². The molecule has 1 aromatic carbocycles. The highest BCUT2D eigenvalue weighted by Crippen LogP contribution is 2.04. The Morgan fingerprint density at radius 1 is 1.07 bits per heavy atom. The molecular weight excluding hydrogens is 184 g/mol. The average molecular weight is 211 g/mol. The van der Waals surface area contributed by atoms with Crippen molar-refractivity contribution in [3.8, 4) is 0 Å². The zero-order chi connectivity index (χ0) is 15.1. The van der Waals surface area contributed by atoms with Crippen LogP contribution in [0.3, 0.4) is 0 Å². The highest BCUT2D eigenvalue weighted by Gasteiger charge is 1.92. The second-order valence-corrected chi connectivity index (χ2v) is 3.57. The van der Waals surface area contributed by atoms with Gasteiger partial charge in [-0.15, -0.1) is 0 Å². The SMILES string of the molecule is [2H]c1c([2H])c([2H])c(COCCCCCCC)c([2H])c1[2H]. The molecule has 1 rings (SSSR count). The van der Waals surface area contributed by atoms with Gasteiger partial charge in [0, 0.05) is 6.61 Å². The highest BCUT2D eigenvalue weighted by molar-refractivity contribution is 5.13. The van der Waals surface area contributed by atoms with Gasteiger partial charge >= 0.3 is 0 Å². The first-order valence-electron chi connectivity index (χ1n) is 8.14. The Balaban J connectivity index is 2.52. The van der Waals surface area contributed by atoms with E-state index in [1.165, 1.54) is 19.3 Å². The molecule has 0 fully saturated rings. The summed E-state index contributed by atoms with van der Waals surface area (Å²) in [5, 5.41) is 0. The molecule has 0 saturated heterocycles. The van der Waals surface area contributed by atoms with Crippen molar-refractivity contribution in [3.05, 3.63) is 35.8 Å². The third-order valence-electron chi connectivity index (χ3n) is 2.19. The summed E-state index contributed by atoms with van der Waals surface area (Å²) in [7, 11) is 0. The van der Waals surface area contributed by atoms with E-state index in [9.17, 15) is 0 Å². The van der Waals surface area contributed by atoms with Crippen LogP contribution in [0.5, 0.6) is 0 Å². The van der Waals surface area contributed by atoms with Crippen molar-refractivity contribution in [3.63, 3.8) is 0 Å². The van der Waals surface area contributed by atoms with Crippen LogP contribution in [0.2, 0.25) is 0 Å². The fourth-order valence-corrected chi connectivity index (χ4v) is 1.33. The number of unbranched alkanes of at least 4 members (excludes halogenated alkanes) is 4. The van der Waals surface area contributed by atoms with Crippen LogP contribution < -0.4 is 0 Å². The largest absolute Gasteiger partial charge is 0.377 e. The lowest BCUT2D eigenvalue weighted by Gasteiger charge is -2.03. The lowest BCUT2D eigenvalue weighted by molar-refractivity contribution is 0.116. The molecule has 0 atom stereocenters. The molecule has 0 bridgehead atoms. The summed E-state index contributed by atoms with van der Waals surface area (Å²) < 4.78 is 43.6. The first-order chi connectivity index (χ1) is 9.50. The van der Waals surface area contributed by atoms with Gasteiger partial charge in [0.25, 0.3) is 0 Å². The van der Waals surface area contributed by atoms with Crippen molar-refractivity contribution < 1.29 is 11.6 Å². The number of hydrogen-bond donors (Lipinski definition) is 0. The summed E-state index contributed by atoms with van der Waals surface area (Å²) >= 11 is 0. The molecule has 1 nitrogen and oxygen atoms in total. The minimum absolute atomic E-state index is 0.0729. The molecule has 0 N–H and O–H groups in total. The lowest BCUT2D eigenvalue weighted by Crippen LogP contribution is -1.95. The van der Waals surface area contributed by atoms with Gasteiger partial charge in [-0.25, -0.2) is 0 Å². The van der Waals surface area contributed by atoms with E-state index in [1.54, 1.807) is 0 Å². The van der Waals surface area contributed by atoms with Gasteiger partial charge in [0.15, 0.2) is 0 Å². The first kappa shape index (κ1) is 6.70. The van der Waals surface area contributed by atoms with Gasteiger partial charge in [-0.1, -0.05) is 62.8 Å². The summed E-state index contributed by atoms with van der Waals surface area (Å²) in [6.45, 7) is 2.80. The van der Waals surface area contributed by atoms with Crippen molar-refractivity contribution >= 4 is 0 Å². The van der Waals surface area contributed by atoms with Gasteiger partial charge in [0.05, 0.1) is 13.5 Å². The molecule has 1 heteroatoms. The van der Waals surface area contributed by atoms with Crippen LogP contribution in [0.1, 0.15) is 51.4 Å². The summed E-state index contributed by atoms with van der Waals surface area (Å²) in [5.41, 5.74) is 0.240. The molecule has 15 heavy (non-hydrogen) atoms. The van der Waals surface area contributed by atoms with Crippen molar-refractivity contribution in [1.82, 2.24) is 0 Å². The maximum absolute atomic E-state index is 7.75. The van der Waals surface area contributed by atoms with Crippen molar-refractivity contribution in [1.29, 1.82) is 0 Å². The minimum atomic E-state index is -0.358. The summed E-state index contributed by atoms with van der Waals surface area (Å²) in [6, 6.07) is -1.28. The van der Waals surface area contributed by atoms with E-state index in [0.29, 0.717) is 6.61 Å². The van der Waals surface area contributed by atoms with E-state index in [1.807, 2.05) is 0 Å². The van der Waals surface area contributed by atoms with Crippen LogP contribution in [-0.2, 0) is 11.3 Å². The Hall–Kier alpha value is -0.820. The molecule has 0 spiro atoms. The predicted molar refractivity (Wildman–Crippen MR) is 64.9 cm³/mol. The molecule has 0 saturated carbocycles. The molecule has 84 valence electrons. The Labute approximate surface area is 100 Å². The van der Waals surface area contributed by atoms with Crippen LogP contribution >= 0.6 is 0 Å². The number of benzene rings is 1. The molecule has 0 heterocycles. The van der Waals surface area contributed by atoms with E-state index in [0.717, 1.165) is 12.8 Å². The van der Waals surface area contributed by atoms with E-state index >= 15 is 0 Å². The van der Waals surface area contributed by atoms with Gasteiger partial charge in [0.2, 0.25) is 0 Å². The number of rotatable bonds is 8.